The maximum Gasteiger partial charge on any atom is 0.119 e. The molecule has 0 saturated carbocycles. The van der Waals surface area contributed by atoms with Crippen molar-refractivity contribution < 1.29 is 9.84 Å². The van der Waals surface area contributed by atoms with E-state index in [1.54, 1.807) is 0 Å². The third-order valence-electron chi connectivity index (χ3n) is 3.04. The first-order valence-electron chi connectivity index (χ1n) is 7.39. The number of ether oxygens (including phenoxy) is 1. The highest BCUT2D eigenvalue weighted by molar-refractivity contribution is 9.10. The molecule has 3 nitrogen and oxygen atoms in total. The summed E-state index contributed by atoms with van der Waals surface area (Å²) in [6.45, 7) is 11.8. The molecule has 0 saturated heterocycles. The fourth-order valence-electron chi connectivity index (χ4n) is 2.56. The molecular weight excluding hydrogens is 330 g/mol. The molecule has 0 heterocycles. The molecule has 0 amide bonds. The quantitative estimate of drug-likeness (QED) is 0.774. The van der Waals surface area contributed by atoms with E-state index in [9.17, 15) is 5.11 Å². The summed E-state index contributed by atoms with van der Waals surface area (Å²) in [6.07, 6.45) is 0.521. The molecule has 0 fully saturated rings. The first kappa shape index (κ1) is 18.5. The smallest absolute Gasteiger partial charge is 0.119 e. The lowest BCUT2D eigenvalue weighted by Crippen LogP contribution is -2.46. The molecule has 1 aromatic carbocycles. The van der Waals surface area contributed by atoms with Gasteiger partial charge >= 0.3 is 0 Å². The van der Waals surface area contributed by atoms with Crippen molar-refractivity contribution in [1.29, 1.82) is 0 Å². The zero-order chi connectivity index (χ0) is 16.1. The number of hydrogen-bond donors (Lipinski definition) is 2. The molecule has 1 aromatic rings. The minimum atomic E-state index is -0.520. The number of nitrogens with one attached hydrogen (secondary N) is 1. The van der Waals surface area contributed by atoms with E-state index < -0.39 is 6.10 Å². The summed E-state index contributed by atoms with van der Waals surface area (Å²) >= 11 is 3.38. The van der Waals surface area contributed by atoms with Crippen LogP contribution in [-0.4, -0.2) is 29.9 Å². The molecule has 1 rings (SSSR count). The Kier molecular flexibility index (Phi) is 6.70. The summed E-state index contributed by atoms with van der Waals surface area (Å²) < 4.78 is 6.59. The largest absolute Gasteiger partial charge is 0.491 e. The fourth-order valence-corrected chi connectivity index (χ4v) is 2.83. The minimum absolute atomic E-state index is 0.00313. The minimum Gasteiger partial charge on any atom is -0.491 e. The number of halogens is 1. The number of rotatable bonds is 7. The monoisotopic (exact) mass is 357 g/mol. The molecule has 0 aliphatic carbocycles. The highest BCUT2D eigenvalue weighted by Crippen LogP contribution is 2.26. The van der Waals surface area contributed by atoms with E-state index in [0.717, 1.165) is 16.6 Å². The summed E-state index contributed by atoms with van der Waals surface area (Å²) in [5.74, 6) is 0.770. The number of benzene rings is 1. The van der Waals surface area contributed by atoms with Gasteiger partial charge in [0, 0.05) is 16.6 Å². The van der Waals surface area contributed by atoms with E-state index in [0.29, 0.717) is 13.2 Å². The normalized spacial score (nSPS) is 14.0. The molecule has 4 heteroatoms. The van der Waals surface area contributed by atoms with E-state index in [1.807, 2.05) is 24.3 Å². The summed E-state index contributed by atoms with van der Waals surface area (Å²) in [4.78, 5) is 0. The zero-order valence-electron chi connectivity index (χ0n) is 13.7. The van der Waals surface area contributed by atoms with Crippen LogP contribution in [0, 0.1) is 5.41 Å². The summed E-state index contributed by atoms with van der Waals surface area (Å²) in [7, 11) is 0. The summed E-state index contributed by atoms with van der Waals surface area (Å²) in [6, 6.07) is 7.61. The van der Waals surface area contributed by atoms with Crippen molar-refractivity contribution in [3.8, 4) is 5.75 Å². The van der Waals surface area contributed by atoms with Crippen LogP contribution in [0.15, 0.2) is 28.7 Å². The Morgan fingerprint density at radius 3 is 2.24 bits per heavy atom. The third kappa shape index (κ3) is 8.44. The molecule has 0 aliphatic rings. The van der Waals surface area contributed by atoms with Gasteiger partial charge in [-0.05, 0) is 49.9 Å². The second-order valence-corrected chi connectivity index (χ2v) is 8.34. The fraction of sp³-hybridized carbons (Fsp3) is 0.647. The summed E-state index contributed by atoms with van der Waals surface area (Å²) in [5, 5.41) is 13.5. The molecule has 0 unspecified atom stereocenters. The van der Waals surface area contributed by atoms with E-state index in [-0.39, 0.29) is 11.0 Å². The third-order valence-corrected chi connectivity index (χ3v) is 3.57. The van der Waals surface area contributed by atoms with Crippen molar-refractivity contribution in [1.82, 2.24) is 5.32 Å². The van der Waals surface area contributed by atoms with Gasteiger partial charge in [0.15, 0.2) is 0 Å². The molecule has 0 radical (unpaired) electrons. The molecule has 21 heavy (non-hydrogen) atoms. The maximum absolute atomic E-state index is 10.0. The second-order valence-electron chi connectivity index (χ2n) is 7.42. The Morgan fingerprint density at radius 2 is 1.71 bits per heavy atom. The Balaban J connectivity index is 2.33. The van der Waals surface area contributed by atoms with Crippen LogP contribution in [0.2, 0.25) is 0 Å². The molecule has 0 spiro atoms. The Hall–Kier alpha value is -0.580. The van der Waals surface area contributed by atoms with Crippen LogP contribution in [0.4, 0.5) is 0 Å². The highest BCUT2D eigenvalue weighted by Gasteiger charge is 2.25. The van der Waals surface area contributed by atoms with Crippen molar-refractivity contribution >= 4 is 15.9 Å². The SMILES string of the molecule is CC(C)(C)CC(C)(C)NC[C@@H](O)COc1ccc(Br)cc1. The van der Waals surface area contributed by atoms with E-state index in [2.05, 4.69) is 55.9 Å². The topological polar surface area (TPSA) is 41.5 Å². The predicted molar refractivity (Wildman–Crippen MR) is 91.8 cm³/mol. The molecule has 0 aliphatic heterocycles. The average molecular weight is 358 g/mol. The molecule has 0 aromatic heterocycles. The second kappa shape index (κ2) is 7.61. The van der Waals surface area contributed by atoms with E-state index in [4.69, 9.17) is 4.74 Å². The standard InChI is InChI=1S/C17H28BrNO2/c1-16(2,3)12-17(4,5)19-10-14(20)11-21-15-8-6-13(18)7-9-15/h6-9,14,19-20H,10-12H2,1-5H3/t14-/m1/s1. The predicted octanol–water partition coefficient (Wildman–Crippen LogP) is 3.99. The molecule has 0 bridgehead atoms. The van der Waals surface area contributed by atoms with Crippen molar-refractivity contribution in [2.24, 2.45) is 5.41 Å². The summed E-state index contributed by atoms with van der Waals surface area (Å²) in [5.41, 5.74) is 0.256. The van der Waals surface area contributed by atoms with Gasteiger partial charge in [-0.1, -0.05) is 36.7 Å². The lowest BCUT2D eigenvalue weighted by molar-refractivity contribution is 0.0944. The Bertz CT molecular complexity index is 423. The number of aliphatic hydroxyl groups excluding tert-OH is 1. The van der Waals surface area contributed by atoms with Crippen LogP contribution < -0.4 is 10.1 Å². The van der Waals surface area contributed by atoms with Gasteiger partial charge in [-0.3, -0.25) is 0 Å². The highest BCUT2D eigenvalue weighted by atomic mass is 79.9. The molecule has 120 valence electrons. The zero-order valence-corrected chi connectivity index (χ0v) is 15.3. The van der Waals surface area contributed by atoms with Gasteiger partial charge in [-0.15, -0.1) is 0 Å². The lowest BCUT2D eigenvalue weighted by atomic mass is 9.82. The van der Waals surface area contributed by atoms with Gasteiger partial charge in [0.1, 0.15) is 18.5 Å². The van der Waals surface area contributed by atoms with Crippen molar-refractivity contribution in [3.05, 3.63) is 28.7 Å². The van der Waals surface area contributed by atoms with E-state index in [1.165, 1.54) is 0 Å². The van der Waals surface area contributed by atoms with Crippen LogP contribution in [0.25, 0.3) is 0 Å². The molecular formula is C17H28BrNO2. The average Bonchev–Trinajstić information content (AvgIpc) is 2.33. The van der Waals surface area contributed by atoms with Gasteiger partial charge in [0.05, 0.1) is 0 Å². The number of hydrogen-bond acceptors (Lipinski definition) is 3. The van der Waals surface area contributed by atoms with Crippen LogP contribution >= 0.6 is 15.9 Å². The maximum atomic E-state index is 10.0. The van der Waals surface area contributed by atoms with Crippen LogP contribution in [0.1, 0.15) is 41.0 Å². The van der Waals surface area contributed by atoms with Crippen molar-refractivity contribution in [2.45, 2.75) is 52.7 Å². The van der Waals surface area contributed by atoms with E-state index >= 15 is 0 Å². The van der Waals surface area contributed by atoms with Crippen molar-refractivity contribution in [3.63, 3.8) is 0 Å². The van der Waals surface area contributed by atoms with Gasteiger partial charge < -0.3 is 15.2 Å². The van der Waals surface area contributed by atoms with Crippen LogP contribution in [-0.2, 0) is 0 Å². The van der Waals surface area contributed by atoms with Crippen LogP contribution in [0.5, 0.6) is 5.75 Å². The van der Waals surface area contributed by atoms with Gasteiger partial charge in [-0.2, -0.15) is 0 Å². The van der Waals surface area contributed by atoms with Crippen molar-refractivity contribution in [2.75, 3.05) is 13.2 Å². The van der Waals surface area contributed by atoms with Gasteiger partial charge in [0.25, 0.3) is 0 Å². The molecule has 1 atom stereocenters. The number of aliphatic hydroxyl groups is 1. The van der Waals surface area contributed by atoms with Crippen LogP contribution in [0.3, 0.4) is 0 Å². The Labute approximate surface area is 137 Å². The first-order valence-corrected chi connectivity index (χ1v) is 8.18. The number of β-amino-alcohol motifs (C(OH)–C–C–N with tert-alkyl or cyclic N) is 1. The Morgan fingerprint density at radius 1 is 1.14 bits per heavy atom. The van der Waals surface area contributed by atoms with Gasteiger partial charge in [0.2, 0.25) is 0 Å². The van der Waals surface area contributed by atoms with Gasteiger partial charge in [-0.25, -0.2) is 0 Å². The lowest BCUT2D eigenvalue weighted by Gasteiger charge is -2.34. The molecule has 2 N–H and O–H groups in total. The first-order chi connectivity index (χ1) is 9.57.